The Labute approximate surface area is 104 Å². The van der Waals surface area contributed by atoms with Crippen molar-refractivity contribution in [3.63, 3.8) is 0 Å². The second-order valence-corrected chi connectivity index (χ2v) is 4.50. The van der Waals surface area contributed by atoms with E-state index >= 15 is 0 Å². The van der Waals surface area contributed by atoms with E-state index in [2.05, 4.69) is 24.3 Å². The summed E-state index contributed by atoms with van der Waals surface area (Å²) in [6.45, 7) is 0. The average Bonchev–Trinajstić information content (AvgIpc) is 2.33. The Bertz CT molecular complexity index is 306. The summed E-state index contributed by atoms with van der Waals surface area (Å²) in [5, 5.41) is 8.48. The molecule has 0 amide bonds. The molecule has 0 fully saturated rings. The molecule has 2 nitrogen and oxygen atoms in total. The molecule has 0 atom stereocenters. The predicted molar refractivity (Wildman–Crippen MR) is 70.1 cm³/mol. The molecule has 0 radical (unpaired) electrons. The van der Waals surface area contributed by atoms with Gasteiger partial charge in [0.05, 0.1) is 0 Å². The molecule has 0 aliphatic carbocycles. The van der Waals surface area contributed by atoms with Crippen molar-refractivity contribution in [1.82, 2.24) is 0 Å². The van der Waals surface area contributed by atoms with Crippen LogP contribution in [0.5, 0.6) is 0 Å². The molecule has 0 heterocycles. The van der Waals surface area contributed by atoms with Gasteiger partial charge in [-0.15, -0.1) is 0 Å². The molecule has 0 aliphatic heterocycles. The maximum absolute atomic E-state index is 10.3. The van der Waals surface area contributed by atoms with Crippen molar-refractivity contribution in [2.24, 2.45) is 0 Å². The lowest BCUT2D eigenvalue weighted by molar-refractivity contribution is -0.137. The van der Waals surface area contributed by atoms with E-state index in [1.165, 1.54) is 31.2 Å². The van der Waals surface area contributed by atoms with E-state index in [-0.39, 0.29) is 0 Å². The van der Waals surface area contributed by atoms with Gasteiger partial charge < -0.3 is 5.11 Å². The lowest BCUT2D eigenvalue weighted by Gasteiger charge is -2.02. The molecular formula is C15H22O2. The summed E-state index contributed by atoms with van der Waals surface area (Å²) < 4.78 is 0. The minimum Gasteiger partial charge on any atom is -0.481 e. The zero-order valence-corrected chi connectivity index (χ0v) is 10.4. The number of hydrogen-bond acceptors (Lipinski definition) is 1. The van der Waals surface area contributed by atoms with Crippen LogP contribution in [0.1, 0.15) is 50.5 Å². The number of hydrogen-bond donors (Lipinski definition) is 1. The molecule has 0 saturated heterocycles. The van der Waals surface area contributed by atoms with Crippen LogP contribution >= 0.6 is 0 Å². The number of aliphatic carboxylic acids is 1. The third-order valence-corrected chi connectivity index (χ3v) is 2.95. The number of benzene rings is 1. The monoisotopic (exact) mass is 234 g/mol. The first-order chi connectivity index (χ1) is 8.29. The van der Waals surface area contributed by atoms with Crippen LogP contribution in [0, 0.1) is 0 Å². The number of carbonyl (C=O) groups is 1. The molecule has 0 saturated carbocycles. The van der Waals surface area contributed by atoms with E-state index in [0.29, 0.717) is 6.42 Å². The number of carboxylic acid groups (broad SMARTS) is 1. The molecule has 0 bridgehead atoms. The van der Waals surface area contributed by atoms with Crippen molar-refractivity contribution < 1.29 is 9.90 Å². The highest BCUT2D eigenvalue weighted by Gasteiger charge is 1.97. The van der Waals surface area contributed by atoms with Crippen LogP contribution < -0.4 is 0 Å². The Morgan fingerprint density at radius 2 is 1.47 bits per heavy atom. The Kier molecular flexibility index (Phi) is 7.12. The lowest BCUT2D eigenvalue weighted by Crippen LogP contribution is -1.93. The van der Waals surface area contributed by atoms with Gasteiger partial charge in [0.15, 0.2) is 0 Å². The van der Waals surface area contributed by atoms with Crippen LogP contribution in [0.25, 0.3) is 0 Å². The van der Waals surface area contributed by atoms with Gasteiger partial charge in [-0.3, -0.25) is 4.79 Å². The first-order valence-electron chi connectivity index (χ1n) is 6.55. The van der Waals surface area contributed by atoms with Crippen LogP contribution in [0.4, 0.5) is 0 Å². The predicted octanol–water partition coefficient (Wildman–Crippen LogP) is 4.04. The fourth-order valence-electron chi connectivity index (χ4n) is 1.96. The van der Waals surface area contributed by atoms with Crippen LogP contribution in [0.15, 0.2) is 30.3 Å². The van der Waals surface area contributed by atoms with E-state index in [9.17, 15) is 4.79 Å². The molecule has 17 heavy (non-hydrogen) atoms. The fraction of sp³-hybridized carbons (Fsp3) is 0.533. The van der Waals surface area contributed by atoms with Crippen molar-refractivity contribution >= 4 is 5.97 Å². The van der Waals surface area contributed by atoms with E-state index in [0.717, 1.165) is 19.3 Å². The summed E-state index contributed by atoms with van der Waals surface area (Å²) in [5.41, 5.74) is 1.42. The summed E-state index contributed by atoms with van der Waals surface area (Å²) >= 11 is 0. The fourth-order valence-corrected chi connectivity index (χ4v) is 1.96. The normalized spacial score (nSPS) is 10.4. The van der Waals surface area contributed by atoms with Crippen LogP contribution in [0.3, 0.4) is 0 Å². The molecule has 1 rings (SSSR count). The minimum atomic E-state index is -0.672. The maximum Gasteiger partial charge on any atom is 0.303 e. The van der Waals surface area contributed by atoms with Crippen molar-refractivity contribution in [2.45, 2.75) is 51.4 Å². The Balaban J connectivity index is 1.90. The second-order valence-electron chi connectivity index (χ2n) is 4.50. The number of aryl methyl sites for hydroxylation is 1. The number of unbranched alkanes of at least 4 members (excludes halogenated alkanes) is 5. The molecule has 1 N–H and O–H groups in total. The van der Waals surface area contributed by atoms with Crippen molar-refractivity contribution in [3.8, 4) is 0 Å². The molecule has 0 unspecified atom stereocenters. The highest BCUT2D eigenvalue weighted by molar-refractivity contribution is 5.66. The molecule has 1 aromatic rings. The quantitative estimate of drug-likeness (QED) is 0.655. The summed E-state index contributed by atoms with van der Waals surface area (Å²) in [7, 11) is 0. The van der Waals surface area contributed by atoms with Crippen LogP contribution in [0.2, 0.25) is 0 Å². The maximum atomic E-state index is 10.3. The van der Waals surface area contributed by atoms with Crippen molar-refractivity contribution in [1.29, 1.82) is 0 Å². The third kappa shape index (κ3) is 7.56. The first-order valence-corrected chi connectivity index (χ1v) is 6.55. The summed E-state index contributed by atoms with van der Waals surface area (Å²) in [5.74, 6) is -0.672. The summed E-state index contributed by atoms with van der Waals surface area (Å²) in [6, 6.07) is 10.6. The van der Waals surface area contributed by atoms with E-state index < -0.39 is 5.97 Å². The van der Waals surface area contributed by atoms with Crippen molar-refractivity contribution in [3.05, 3.63) is 35.9 Å². The Hall–Kier alpha value is -1.31. The van der Waals surface area contributed by atoms with Gasteiger partial charge in [-0.2, -0.15) is 0 Å². The van der Waals surface area contributed by atoms with Gasteiger partial charge in [0.2, 0.25) is 0 Å². The largest absolute Gasteiger partial charge is 0.481 e. The topological polar surface area (TPSA) is 37.3 Å². The van der Waals surface area contributed by atoms with E-state index in [4.69, 9.17) is 5.11 Å². The van der Waals surface area contributed by atoms with Gasteiger partial charge in [0.25, 0.3) is 0 Å². The molecule has 1 aromatic carbocycles. The summed E-state index contributed by atoms with van der Waals surface area (Å²) in [4.78, 5) is 10.3. The zero-order chi connectivity index (χ0) is 12.3. The van der Waals surface area contributed by atoms with Gasteiger partial charge in [-0.25, -0.2) is 0 Å². The van der Waals surface area contributed by atoms with Crippen molar-refractivity contribution in [2.75, 3.05) is 0 Å². The highest BCUT2D eigenvalue weighted by Crippen LogP contribution is 2.10. The number of carboxylic acids is 1. The summed E-state index contributed by atoms with van der Waals surface area (Å²) in [6.07, 6.45) is 8.26. The lowest BCUT2D eigenvalue weighted by atomic mass is 10.0. The van der Waals surface area contributed by atoms with Gasteiger partial charge in [0.1, 0.15) is 0 Å². The Morgan fingerprint density at radius 3 is 2.12 bits per heavy atom. The number of rotatable bonds is 9. The molecular weight excluding hydrogens is 212 g/mol. The van der Waals surface area contributed by atoms with Crippen LogP contribution in [-0.2, 0) is 11.2 Å². The zero-order valence-electron chi connectivity index (χ0n) is 10.4. The van der Waals surface area contributed by atoms with Gasteiger partial charge >= 0.3 is 5.97 Å². The molecule has 94 valence electrons. The Morgan fingerprint density at radius 1 is 0.882 bits per heavy atom. The van der Waals surface area contributed by atoms with Crippen LogP contribution in [-0.4, -0.2) is 11.1 Å². The molecule has 2 heteroatoms. The standard InChI is InChI=1S/C15H22O2/c16-15(17)13-9-4-2-1-3-6-10-14-11-7-5-8-12-14/h5,7-8,11-12H,1-4,6,9-10,13H2,(H,16,17). The first kappa shape index (κ1) is 13.8. The third-order valence-electron chi connectivity index (χ3n) is 2.95. The van der Waals surface area contributed by atoms with Gasteiger partial charge in [-0.05, 0) is 24.8 Å². The van der Waals surface area contributed by atoms with Gasteiger partial charge in [-0.1, -0.05) is 56.0 Å². The van der Waals surface area contributed by atoms with Gasteiger partial charge in [0, 0.05) is 6.42 Å². The van der Waals surface area contributed by atoms with E-state index in [1.54, 1.807) is 0 Å². The SMILES string of the molecule is O=C(O)CCCCCCCCc1ccccc1. The molecule has 0 aliphatic rings. The minimum absolute atomic E-state index is 0.323. The second kappa shape index (κ2) is 8.80. The highest BCUT2D eigenvalue weighted by atomic mass is 16.4. The molecule has 0 spiro atoms. The van der Waals surface area contributed by atoms with E-state index in [1.807, 2.05) is 6.07 Å². The smallest absolute Gasteiger partial charge is 0.303 e. The average molecular weight is 234 g/mol. The molecule has 0 aromatic heterocycles.